The van der Waals surface area contributed by atoms with Crippen LogP contribution in [0.25, 0.3) is 0 Å². The van der Waals surface area contributed by atoms with Crippen molar-refractivity contribution >= 4 is 17.2 Å². The van der Waals surface area contributed by atoms with E-state index >= 15 is 0 Å². The van der Waals surface area contributed by atoms with E-state index in [1.165, 1.54) is 0 Å². The molecule has 0 N–H and O–H groups in total. The van der Waals surface area contributed by atoms with Crippen LogP contribution in [-0.4, -0.2) is 40.6 Å². The summed E-state index contributed by atoms with van der Waals surface area (Å²) in [5.41, 5.74) is 1.08. The summed E-state index contributed by atoms with van der Waals surface area (Å²) in [6.07, 6.45) is 4.24. The lowest BCUT2D eigenvalue weighted by Crippen LogP contribution is -2.36. The van der Waals surface area contributed by atoms with Gasteiger partial charge in [-0.15, -0.1) is 0 Å². The molecule has 1 atom stereocenters. The van der Waals surface area contributed by atoms with Crippen molar-refractivity contribution in [1.82, 2.24) is 14.5 Å². The number of hydrogen-bond acceptors (Lipinski definition) is 4. The fourth-order valence-electron chi connectivity index (χ4n) is 2.75. The number of carbonyl (C=O) groups excluding carboxylic acids is 1. The van der Waals surface area contributed by atoms with Gasteiger partial charge in [0.05, 0.1) is 19.6 Å². The van der Waals surface area contributed by atoms with Gasteiger partial charge < -0.3 is 14.2 Å². The second-order valence-corrected chi connectivity index (χ2v) is 6.18. The summed E-state index contributed by atoms with van der Waals surface area (Å²) < 4.78 is 7.42. The van der Waals surface area contributed by atoms with Gasteiger partial charge in [-0.1, -0.05) is 0 Å². The Morgan fingerprint density at radius 1 is 1.52 bits per heavy atom. The van der Waals surface area contributed by atoms with Crippen LogP contribution in [0.15, 0.2) is 29.2 Å². The summed E-state index contributed by atoms with van der Waals surface area (Å²) in [4.78, 5) is 18.8. The molecule has 0 aromatic carbocycles. The fourth-order valence-corrected chi connectivity index (χ4v) is 3.42. The van der Waals surface area contributed by atoms with Crippen molar-refractivity contribution < 1.29 is 9.53 Å². The molecule has 2 aromatic heterocycles. The third kappa shape index (κ3) is 3.33. The van der Waals surface area contributed by atoms with Crippen molar-refractivity contribution in [2.75, 3.05) is 20.3 Å². The Morgan fingerprint density at radius 3 is 3.19 bits per heavy atom. The van der Waals surface area contributed by atoms with Crippen LogP contribution >= 0.6 is 11.3 Å². The number of imidazole rings is 1. The normalized spacial score (nSPS) is 18.3. The Kier molecular flexibility index (Phi) is 4.36. The number of amides is 1. The summed E-state index contributed by atoms with van der Waals surface area (Å²) in [5, 5.41) is 4.04. The highest BCUT2D eigenvalue weighted by molar-refractivity contribution is 7.07. The third-order valence-corrected chi connectivity index (χ3v) is 4.49. The number of ether oxygens (including phenoxy) is 1. The minimum absolute atomic E-state index is 0.158. The van der Waals surface area contributed by atoms with E-state index in [1.54, 1.807) is 24.6 Å². The molecule has 0 fully saturated rings. The molecule has 3 rings (SSSR count). The van der Waals surface area contributed by atoms with E-state index in [-0.39, 0.29) is 5.91 Å². The topological polar surface area (TPSA) is 47.4 Å². The highest BCUT2D eigenvalue weighted by Crippen LogP contribution is 2.17. The van der Waals surface area contributed by atoms with E-state index in [2.05, 4.69) is 9.55 Å². The smallest absolute Gasteiger partial charge is 0.227 e. The molecular formula is C15H19N3O2S. The van der Waals surface area contributed by atoms with Gasteiger partial charge >= 0.3 is 0 Å². The highest BCUT2D eigenvalue weighted by Gasteiger charge is 2.25. The molecule has 3 heterocycles. The third-order valence-electron chi connectivity index (χ3n) is 3.76. The molecule has 0 spiro atoms. The quantitative estimate of drug-likeness (QED) is 0.865. The number of methoxy groups -OCH3 is 1. The van der Waals surface area contributed by atoms with Crippen LogP contribution in [0, 0.1) is 5.92 Å². The Bertz CT molecular complexity index is 594. The van der Waals surface area contributed by atoms with Crippen molar-refractivity contribution in [3.63, 3.8) is 0 Å². The van der Waals surface area contributed by atoms with Gasteiger partial charge in [-0.2, -0.15) is 11.3 Å². The maximum absolute atomic E-state index is 12.6. The molecule has 0 saturated heterocycles. The molecule has 0 radical (unpaired) electrons. The first-order chi connectivity index (χ1) is 10.3. The number of carbonyl (C=O) groups is 1. The Hall–Kier alpha value is -1.66. The zero-order valence-electron chi connectivity index (χ0n) is 12.1. The minimum Gasteiger partial charge on any atom is -0.384 e. The average Bonchev–Trinajstić information content (AvgIpc) is 3.08. The van der Waals surface area contributed by atoms with Crippen molar-refractivity contribution in [2.45, 2.75) is 19.5 Å². The largest absolute Gasteiger partial charge is 0.384 e. The molecular weight excluding hydrogens is 286 g/mol. The molecule has 0 bridgehead atoms. The summed E-state index contributed by atoms with van der Waals surface area (Å²) in [6, 6.07) is 2.01. The lowest BCUT2D eigenvalue weighted by molar-refractivity contribution is -0.131. The van der Waals surface area contributed by atoms with E-state index in [0.717, 1.165) is 24.5 Å². The number of nitrogens with zero attached hydrogens (tertiary/aromatic N) is 3. The second-order valence-electron chi connectivity index (χ2n) is 5.40. The van der Waals surface area contributed by atoms with E-state index in [1.807, 2.05) is 27.9 Å². The molecule has 1 aliphatic rings. The zero-order valence-corrected chi connectivity index (χ0v) is 12.9. The number of hydrogen-bond donors (Lipinski definition) is 0. The minimum atomic E-state index is 0.158. The van der Waals surface area contributed by atoms with E-state index < -0.39 is 0 Å². The molecule has 21 heavy (non-hydrogen) atoms. The molecule has 0 unspecified atom stereocenters. The monoisotopic (exact) mass is 305 g/mol. The van der Waals surface area contributed by atoms with E-state index in [9.17, 15) is 4.79 Å². The first kappa shape index (κ1) is 14.3. The lowest BCUT2D eigenvalue weighted by Gasteiger charge is -2.23. The summed E-state index contributed by atoms with van der Waals surface area (Å²) in [7, 11) is 1.71. The molecule has 1 aliphatic heterocycles. The van der Waals surface area contributed by atoms with Gasteiger partial charge in [0, 0.05) is 38.5 Å². The van der Waals surface area contributed by atoms with Crippen LogP contribution in [-0.2, 0) is 29.0 Å². The molecule has 1 amide bonds. The van der Waals surface area contributed by atoms with Gasteiger partial charge in [-0.3, -0.25) is 4.79 Å². The van der Waals surface area contributed by atoms with Crippen molar-refractivity contribution in [3.05, 3.63) is 40.6 Å². The maximum atomic E-state index is 12.6. The van der Waals surface area contributed by atoms with Gasteiger partial charge in [-0.25, -0.2) is 4.98 Å². The molecule has 6 heteroatoms. The predicted octanol–water partition coefficient (Wildman–Crippen LogP) is 1.79. The summed E-state index contributed by atoms with van der Waals surface area (Å²) >= 11 is 1.62. The standard InChI is InChI=1S/C15H19N3O2S/c1-20-10-13-7-17-4-3-16-14(17)9-18(8-13)15(19)6-12-2-5-21-11-12/h2-5,11,13H,6-10H2,1H3/t13-/m1/s1. The molecule has 112 valence electrons. The number of rotatable bonds is 4. The van der Waals surface area contributed by atoms with Crippen LogP contribution < -0.4 is 0 Å². The van der Waals surface area contributed by atoms with Gasteiger partial charge in [0.15, 0.2) is 0 Å². The zero-order chi connectivity index (χ0) is 14.7. The highest BCUT2D eigenvalue weighted by atomic mass is 32.1. The molecule has 0 saturated carbocycles. The summed E-state index contributed by atoms with van der Waals surface area (Å²) in [6.45, 7) is 2.81. The van der Waals surface area contributed by atoms with Gasteiger partial charge in [0.1, 0.15) is 5.82 Å². The Labute approximate surface area is 128 Å². The fraction of sp³-hybridized carbons (Fsp3) is 0.467. The van der Waals surface area contributed by atoms with Crippen molar-refractivity contribution in [1.29, 1.82) is 0 Å². The average molecular weight is 305 g/mol. The van der Waals surface area contributed by atoms with Crippen LogP contribution in [0.3, 0.4) is 0 Å². The van der Waals surface area contributed by atoms with E-state index in [0.29, 0.717) is 25.5 Å². The maximum Gasteiger partial charge on any atom is 0.227 e. The second kappa shape index (κ2) is 6.41. The SMILES string of the molecule is COC[C@H]1CN(C(=O)Cc2ccsc2)Cc2nccn2C1. The van der Waals surface area contributed by atoms with Gasteiger partial charge in [-0.05, 0) is 22.4 Å². The first-order valence-electron chi connectivity index (χ1n) is 7.04. The van der Waals surface area contributed by atoms with Crippen LogP contribution in [0.2, 0.25) is 0 Å². The molecule has 2 aromatic rings. The lowest BCUT2D eigenvalue weighted by atomic mass is 10.1. The van der Waals surface area contributed by atoms with E-state index in [4.69, 9.17) is 4.74 Å². The van der Waals surface area contributed by atoms with Gasteiger partial charge in [0.2, 0.25) is 5.91 Å². The van der Waals surface area contributed by atoms with Crippen LogP contribution in [0.1, 0.15) is 11.4 Å². The molecule has 0 aliphatic carbocycles. The first-order valence-corrected chi connectivity index (χ1v) is 7.98. The van der Waals surface area contributed by atoms with Crippen molar-refractivity contribution in [2.24, 2.45) is 5.92 Å². The number of fused-ring (bicyclic) bond motifs is 1. The van der Waals surface area contributed by atoms with Crippen LogP contribution in [0.4, 0.5) is 0 Å². The Balaban J connectivity index is 1.75. The van der Waals surface area contributed by atoms with Crippen molar-refractivity contribution in [3.8, 4) is 0 Å². The molecule has 5 nitrogen and oxygen atoms in total. The van der Waals surface area contributed by atoms with Gasteiger partial charge in [0.25, 0.3) is 0 Å². The Morgan fingerprint density at radius 2 is 2.43 bits per heavy atom. The predicted molar refractivity (Wildman–Crippen MR) is 81.0 cm³/mol. The van der Waals surface area contributed by atoms with Crippen LogP contribution in [0.5, 0.6) is 0 Å². The summed E-state index contributed by atoms with van der Waals surface area (Å²) in [5.74, 6) is 1.41. The number of aromatic nitrogens is 2. The number of thiophene rings is 1.